The van der Waals surface area contributed by atoms with E-state index in [2.05, 4.69) is 16.4 Å². The van der Waals surface area contributed by atoms with Crippen molar-refractivity contribution in [2.24, 2.45) is 4.99 Å². The summed E-state index contributed by atoms with van der Waals surface area (Å²) in [5.41, 5.74) is 1.21. The summed E-state index contributed by atoms with van der Waals surface area (Å²) < 4.78 is 0. The van der Waals surface area contributed by atoms with Gasteiger partial charge in [-0.2, -0.15) is 0 Å². The fourth-order valence-electron chi connectivity index (χ4n) is 0.769. The molecular formula is C7H5NS. The van der Waals surface area contributed by atoms with Crippen molar-refractivity contribution in [2.45, 2.75) is 0 Å². The van der Waals surface area contributed by atoms with Crippen molar-refractivity contribution >= 4 is 23.6 Å². The van der Waals surface area contributed by atoms with Gasteiger partial charge in [-0.25, -0.2) is 0 Å². The largest absolute Gasteiger partial charge is 0.264 e. The third-order valence-corrected chi connectivity index (χ3v) is 2.10. The van der Waals surface area contributed by atoms with Gasteiger partial charge < -0.3 is 0 Å². The molecule has 2 heteroatoms. The molecule has 1 aromatic rings. The van der Waals surface area contributed by atoms with Crippen molar-refractivity contribution in [3.05, 3.63) is 28.1 Å². The smallest absolute Gasteiger partial charge is 0.0348 e. The predicted molar refractivity (Wildman–Crippen MR) is 40.9 cm³/mol. The lowest BCUT2D eigenvalue weighted by molar-refractivity contribution is 1.63. The maximum atomic E-state index is 4.01. The van der Waals surface area contributed by atoms with Gasteiger partial charge in [0.05, 0.1) is 0 Å². The zero-order valence-electron chi connectivity index (χ0n) is 4.74. The molecule has 44 valence electrons. The first-order valence-corrected chi connectivity index (χ1v) is 3.61. The van der Waals surface area contributed by atoms with E-state index in [1.54, 1.807) is 11.3 Å². The van der Waals surface area contributed by atoms with E-state index in [0.717, 1.165) is 0 Å². The van der Waals surface area contributed by atoms with Crippen LogP contribution in [0.25, 0.3) is 6.08 Å². The summed E-state index contributed by atoms with van der Waals surface area (Å²) in [4.78, 5) is 5.29. The Bertz CT molecular complexity index is 244. The Morgan fingerprint density at radius 3 is 3.44 bits per heavy atom. The SMILES string of the molecule is C1=Cc2cc(cs2)C=N1. The van der Waals surface area contributed by atoms with Crippen LogP contribution in [-0.2, 0) is 0 Å². The van der Waals surface area contributed by atoms with Gasteiger partial charge >= 0.3 is 0 Å². The quantitative estimate of drug-likeness (QED) is 0.517. The minimum atomic E-state index is 1.21. The van der Waals surface area contributed by atoms with Crippen LogP contribution in [0, 0.1) is 0 Å². The molecule has 0 saturated heterocycles. The molecule has 0 fully saturated rings. The van der Waals surface area contributed by atoms with E-state index in [-0.39, 0.29) is 0 Å². The van der Waals surface area contributed by atoms with Crippen molar-refractivity contribution in [3.63, 3.8) is 0 Å². The molecule has 2 bridgehead atoms. The van der Waals surface area contributed by atoms with Crippen LogP contribution >= 0.6 is 11.3 Å². The van der Waals surface area contributed by atoms with Crippen LogP contribution < -0.4 is 0 Å². The van der Waals surface area contributed by atoms with Crippen molar-refractivity contribution in [3.8, 4) is 0 Å². The molecule has 0 radical (unpaired) electrons. The van der Waals surface area contributed by atoms with Crippen LogP contribution in [-0.4, -0.2) is 6.21 Å². The molecule has 1 aromatic heterocycles. The van der Waals surface area contributed by atoms with Gasteiger partial charge in [0.25, 0.3) is 0 Å². The molecule has 0 spiro atoms. The summed E-state index contributed by atoms with van der Waals surface area (Å²) in [7, 11) is 0. The van der Waals surface area contributed by atoms with Crippen LogP contribution in [0.15, 0.2) is 22.6 Å². The van der Waals surface area contributed by atoms with Gasteiger partial charge in [0.2, 0.25) is 0 Å². The first-order valence-electron chi connectivity index (χ1n) is 2.73. The highest BCUT2D eigenvalue weighted by Gasteiger charge is 1.94. The molecule has 0 aliphatic carbocycles. The second kappa shape index (κ2) is 1.81. The zero-order valence-corrected chi connectivity index (χ0v) is 5.56. The Kier molecular flexibility index (Phi) is 0.993. The third-order valence-electron chi connectivity index (χ3n) is 1.19. The van der Waals surface area contributed by atoms with Crippen LogP contribution in [0.3, 0.4) is 0 Å². The second-order valence-electron chi connectivity index (χ2n) is 1.88. The second-order valence-corrected chi connectivity index (χ2v) is 2.82. The monoisotopic (exact) mass is 135 g/mol. The number of thiophene rings is 1. The van der Waals surface area contributed by atoms with E-state index < -0.39 is 0 Å². The summed E-state index contributed by atoms with van der Waals surface area (Å²) in [5, 5.41) is 2.10. The normalized spacial score (nSPS) is 13.8. The highest BCUT2D eigenvalue weighted by Crippen LogP contribution is 2.16. The molecule has 0 unspecified atom stereocenters. The summed E-state index contributed by atoms with van der Waals surface area (Å²) in [6.07, 6.45) is 5.69. The lowest BCUT2D eigenvalue weighted by atomic mass is 10.3. The minimum absolute atomic E-state index is 1.21. The number of rotatable bonds is 0. The van der Waals surface area contributed by atoms with E-state index in [4.69, 9.17) is 0 Å². The molecule has 1 aliphatic heterocycles. The molecule has 2 heterocycles. The number of hydrogen-bond acceptors (Lipinski definition) is 2. The number of fused-ring (bicyclic) bond motifs is 2. The molecule has 0 aromatic carbocycles. The van der Waals surface area contributed by atoms with Gasteiger partial charge in [0, 0.05) is 28.2 Å². The number of aliphatic imine (C=N–C) groups is 1. The molecular weight excluding hydrogens is 130 g/mol. The van der Waals surface area contributed by atoms with Crippen LogP contribution in [0.2, 0.25) is 0 Å². The van der Waals surface area contributed by atoms with Crippen molar-refractivity contribution in [2.75, 3.05) is 0 Å². The van der Waals surface area contributed by atoms with Gasteiger partial charge in [-0.3, -0.25) is 4.99 Å². The Labute approximate surface area is 57.4 Å². The molecule has 9 heavy (non-hydrogen) atoms. The highest BCUT2D eigenvalue weighted by atomic mass is 32.1. The van der Waals surface area contributed by atoms with E-state index >= 15 is 0 Å². The molecule has 0 N–H and O–H groups in total. The van der Waals surface area contributed by atoms with Gasteiger partial charge in [-0.05, 0) is 12.1 Å². The molecule has 0 amide bonds. The van der Waals surface area contributed by atoms with E-state index in [9.17, 15) is 0 Å². The Hall–Kier alpha value is -0.890. The Morgan fingerprint density at radius 1 is 1.44 bits per heavy atom. The van der Waals surface area contributed by atoms with Crippen LogP contribution in [0.5, 0.6) is 0 Å². The zero-order chi connectivity index (χ0) is 6.10. The third kappa shape index (κ3) is 0.813. The minimum Gasteiger partial charge on any atom is -0.264 e. The lowest BCUT2D eigenvalue weighted by Gasteiger charge is -1.76. The van der Waals surface area contributed by atoms with E-state index in [1.165, 1.54) is 10.4 Å². The number of nitrogens with zero attached hydrogens (tertiary/aromatic N) is 1. The maximum Gasteiger partial charge on any atom is 0.0348 e. The molecule has 2 rings (SSSR count). The van der Waals surface area contributed by atoms with Gasteiger partial charge in [-0.1, -0.05) is 0 Å². The van der Waals surface area contributed by atoms with Crippen LogP contribution in [0.4, 0.5) is 0 Å². The van der Waals surface area contributed by atoms with E-state index in [0.29, 0.717) is 0 Å². The standard InChI is InChI=1S/C7H5NS/c1-2-8-4-6-3-7(1)9-5-6/h1-5H. The first kappa shape index (κ1) is 4.94. The summed E-state index contributed by atoms with van der Waals surface area (Å²) in [6, 6.07) is 2.12. The first-order chi connectivity index (χ1) is 4.45. The summed E-state index contributed by atoms with van der Waals surface area (Å²) in [5.74, 6) is 0. The molecule has 0 saturated carbocycles. The molecule has 0 atom stereocenters. The van der Waals surface area contributed by atoms with Crippen molar-refractivity contribution in [1.29, 1.82) is 0 Å². The molecule has 1 nitrogen and oxygen atoms in total. The Balaban J connectivity index is 2.66. The summed E-state index contributed by atoms with van der Waals surface area (Å²) >= 11 is 1.75. The topological polar surface area (TPSA) is 12.4 Å². The predicted octanol–water partition coefficient (Wildman–Crippen LogP) is 2.15. The van der Waals surface area contributed by atoms with Crippen molar-refractivity contribution < 1.29 is 0 Å². The molecule has 1 aliphatic rings. The number of hydrogen-bond donors (Lipinski definition) is 0. The van der Waals surface area contributed by atoms with Gasteiger partial charge in [0.15, 0.2) is 0 Å². The fraction of sp³-hybridized carbons (Fsp3) is 0. The van der Waals surface area contributed by atoms with Crippen molar-refractivity contribution in [1.82, 2.24) is 0 Å². The van der Waals surface area contributed by atoms with Gasteiger partial charge in [-0.15, -0.1) is 11.3 Å². The van der Waals surface area contributed by atoms with E-state index in [1.807, 2.05) is 18.5 Å². The maximum absolute atomic E-state index is 4.01. The lowest BCUT2D eigenvalue weighted by Crippen LogP contribution is -1.68. The fourth-order valence-corrected chi connectivity index (χ4v) is 1.51. The highest BCUT2D eigenvalue weighted by molar-refractivity contribution is 7.11. The Morgan fingerprint density at radius 2 is 2.44 bits per heavy atom. The van der Waals surface area contributed by atoms with Crippen LogP contribution in [0.1, 0.15) is 10.4 Å². The van der Waals surface area contributed by atoms with Gasteiger partial charge in [0.1, 0.15) is 0 Å². The average molecular weight is 135 g/mol. The average Bonchev–Trinajstić information content (AvgIpc) is 2.09. The summed E-state index contributed by atoms with van der Waals surface area (Å²) in [6.45, 7) is 0.